The summed E-state index contributed by atoms with van der Waals surface area (Å²) in [5, 5.41) is 7.55. The van der Waals surface area contributed by atoms with Crippen LogP contribution < -0.4 is 10.2 Å². The van der Waals surface area contributed by atoms with E-state index >= 15 is 0 Å². The van der Waals surface area contributed by atoms with Crippen molar-refractivity contribution < 1.29 is 18.7 Å². The van der Waals surface area contributed by atoms with Gasteiger partial charge in [0.15, 0.2) is 0 Å². The van der Waals surface area contributed by atoms with E-state index in [1.807, 2.05) is 67.6 Å². The summed E-state index contributed by atoms with van der Waals surface area (Å²) < 4.78 is 21.3. The van der Waals surface area contributed by atoms with Crippen LogP contribution in [0.5, 0.6) is 0 Å². The Balaban J connectivity index is 1.71. The highest BCUT2D eigenvalue weighted by Gasteiger charge is 2.37. The lowest BCUT2D eigenvalue weighted by molar-refractivity contribution is -0.122. The Labute approximate surface area is 237 Å². The average molecular weight is 559 g/mol. The average Bonchev–Trinajstić information content (AvgIpc) is 3.28. The number of aromatic nitrogens is 2. The first-order chi connectivity index (χ1) is 19.5. The Morgan fingerprint density at radius 1 is 1.10 bits per heavy atom. The van der Waals surface area contributed by atoms with E-state index in [4.69, 9.17) is 9.84 Å². The predicted molar refractivity (Wildman–Crippen MR) is 156 cm³/mol. The molecule has 1 aromatic heterocycles. The number of rotatable bonds is 9. The molecule has 0 bridgehead atoms. The standard InChI is InChI=1S/C31H31FN4O3S/c1-21-12-14-25(15-13-21)36-31-28(29(34-36)22-8-4-3-5-9-22)30(23-10-6-11-24(32)18-23)40-20-27(38)35(31)19-26(37)33-16-7-17-39-2/h3-6,8-15,18,30H,7,16-17,19-20H2,1-2H3,(H,33,37)/t30-/m1/s1. The predicted octanol–water partition coefficient (Wildman–Crippen LogP) is 5.31. The molecule has 206 valence electrons. The van der Waals surface area contributed by atoms with Crippen molar-refractivity contribution >= 4 is 29.4 Å². The van der Waals surface area contributed by atoms with Crippen molar-refractivity contribution in [1.29, 1.82) is 0 Å². The topological polar surface area (TPSA) is 76.5 Å². The minimum Gasteiger partial charge on any atom is -0.385 e. The van der Waals surface area contributed by atoms with Crippen LogP contribution in [0.25, 0.3) is 16.9 Å². The number of aryl methyl sites for hydroxylation is 1. The maximum atomic E-state index is 14.5. The summed E-state index contributed by atoms with van der Waals surface area (Å²) in [6.07, 6.45) is 0.665. The fraction of sp³-hybridized carbons (Fsp3) is 0.258. The van der Waals surface area contributed by atoms with Gasteiger partial charge in [-0.05, 0) is 43.2 Å². The van der Waals surface area contributed by atoms with Crippen molar-refractivity contribution in [2.75, 3.05) is 37.5 Å². The van der Waals surface area contributed by atoms with Gasteiger partial charge in [0.1, 0.15) is 18.2 Å². The molecule has 3 aromatic carbocycles. The van der Waals surface area contributed by atoms with Gasteiger partial charge in [0, 0.05) is 31.4 Å². The molecule has 2 heterocycles. The molecule has 5 rings (SSSR count). The van der Waals surface area contributed by atoms with Gasteiger partial charge < -0.3 is 10.1 Å². The van der Waals surface area contributed by atoms with Gasteiger partial charge in [0.05, 0.1) is 22.4 Å². The van der Waals surface area contributed by atoms with E-state index < -0.39 is 0 Å². The van der Waals surface area contributed by atoms with E-state index in [1.54, 1.807) is 17.9 Å². The second kappa shape index (κ2) is 12.5. The molecule has 0 radical (unpaired) electrons. The summed E-state index contributed by atoms with van der Waals surface area (Å²) in [6, 6.07) is 24.0. The molecule has 9 heteroatoms. The quantitative estimate of drug-likeness (QED) is 0.282. The first-order valence-corrected chi connectivity index (χ1v) is 14.2. The molecule has 2 amide bonds. The van der Waals surface area contributed by atoms with Gasteiger partial charge in [-0.2, -0.15) is 5.10 Å². The number of nitrogens with one attached hydrogen (secondary N) is 1. The lowest BCUT2D eigenvalue weighted by Gasteiger charge is -2.23. The van der Waals surface area contributed by atoms with Crippen molar-refractivity contribution in [1.82, 2.24) is 15.1 Å². The molecule has 0 saturated carbocycles. The van der Waals surface area contributed by atoms with Gasteiger partial charge >= 0.3 is 0 Å². The Morgan fingerprint density at radius 3 is 2.60 bits per heavy atom. The van der Waals surface area contributed by atoms with Crippen LogP contribution in [0, 0.1) is 12.7 Å². The van der Waals surface area contributed by atoms with Crippen molar-refractivity contribution in [2.24, 2.45) is 0 Å². The highest BCUT2D eigenvalue weighted by molar-refractivity contribution is 8.00. The van der Waals surface area contributed by atoms with E-state index in [2.05, 4.69) is 5.32 Å². The lowest BCUT2D eigenvalue weighted by Crippen LogP contribution is -2.42. The van der Waals surface area contributed by atoms with Gasteiger partial charge in [0.25, 0.3) is 0 Å². The molecule has 1 atom stereocenters. The molecule has 0 unspecified atom stereocenters. The third-order valence-corrected chi connectivity index (χ3v) is 7.97. The molecule has 40 heavy (non-hydrogen) atoms. The third kappa shape index (κ3) is 5.95. The van der Waals surface area contributed by atoms with E-state index in [0.29, 0.717) is 31.1 Å². The maximum absolute atomic E-state index is 14.5. The van der Waals surface area contributed by atoms with Crippen LogP contribution in [-0.4, -0.2) is 54.2 Å². The van der Waals surface area contributed by atoms with Crippen LogP contribution in [0.15, 0.2) is 78.9 Å². The Kier molecular flexibility index (Phi) is 8.62. The van der Waals surface area contributed by atoms with Crippen molar-refractivity contribution in [3.63, 3.8) is 0 Å². The third-order valence-electron chi connectivity index (χ3n) is 6.72. The SMILES string of the molecule is COCCCNC(=O)CN1C(=O)CS[C@H](c2cccc(F)c2)c2c(-c3ccccc3)nn(-c3ccc(C)cc3)c21. The second-order valence-electron chi connectivity index (χ2n) is 9.62. The summed E-state index contributed by atoms with van der Waals surface area (Å²) in [7, 11) is 1.61. The first-order valence-electron chi connectivity index (χ1n) is 13.1. The van der Waals surface area contributed by atoms with Crippen LogP contribution in [0.3, 0.4) is 0 Å². The fourth-order valence-electron chi connectivity index (χ4n) is 4.77. The van der Waals surface area contributed by atoms with Crippen LogP contribution in [0.4, 0.5) is 10.2 Å². The summed E-state index contributed by atoms with van der Waals surface area (Å²) in [6.45, 7) is 2.80. The normalized spacial score (nSPS) is 15.0. The van der Waals surface area contributed by atoms with Crippen LogP contribution >= 0.6 is 11.8 Å². The number of carbonyl (C=O) groups is 2. The molecule has 4 aromatic rings. The summed E-state index contributed by atoms with van der Waals surface area (Å²) in [5.74, 6) is -0.212. The number of hydrogen-bond donors (Lipinski definition) is 1. The Hall–Kier alpha value is -3.95. The van der Waals surface area contributed by atoms with Crippen molar-refractivity contribution in [3.05, 3.63) is 101 Å². The summed E-state index contributed by atoms with van der Waals surface area (Å²) >= 11 is 1.41. The van der Waals surface area contributed by atoms with Crippen LogP contribution in [0.2, 0.25) is 0 Å². The highest BCUT2D eigenvalue weighted by Crippen LogP contribution is 2.48. The fourth-order valence-corrected chi connectivity index (χ4v) is 5.96. The number of nitrogens with zero attached hydrogens (tertiary/aromatic N) is 3. The van der Waals surface area contributed by atoms with Gasteiger partial charge in [-0.15, -0.1) is 11.8 Å². The second-order valence-corrected chi connectivity index (χ2v) is 10.7. The number of methoxy groups -OCH3 is 1. The number of hydrogen-bond acceptors (Lipinski definition) is 5. The molecule has 0 saturated heterocycles. The summed E-state index contributed by atoms with van der Waals surface area (Å²) in [5.41, 5.74) is 4.88. The minimum atomic E-state index is -0.390. The molecular formula is C31H31FN4O3S. The number of fused-ring (bicyclic) bond motifs is 1. The van der Waals surface area contributed by atoms with Crippen molar-refractivity contribution in [3.8, 4) is 16.9 Å². The van der Waals surface area contributed by atoms with Crippen LogP contribution in [-0.2, 0) is 14.3 Å². The smallest absolute Gasteiger partial charge is 0.240 e. The van der Waals surface area contributed by atoms with Gasteiger partial charge in [0.2, 0.25) is 11.8 Å². The van der Waals surface area contributed by atoms with E-state index in [-0.39, 0.29) is 35.2 Å². The number of halogens is 1. The van der Waals surface area contributed by atoms with Crippen molar-refractivity contribution in [2.45, 2.75) is 18.6 Å². The maximum Gasteiger partial charge on any atom is 0.240 e. The van der Waals surface area contributed by atoms with Gasteiger partial charge in [-0.3, -0.25) is 14.5 Å². The molecule has 1 aliphatic rings. The number of amides is 2. The monoisotopic (exact) mass is 558 g/mol. The highest BCUT2D eigenvalue weighted by atomic mass is 32.2. The molecule has 1 aliphatic heterocycles. The zero-order valence-electron chi connectivity index (χ0n) is 22.5. The van der Waals surface area contributed by atoms with E-state index in [1.165, 1.54) is 28.8 Å². The lowest BCUT2D eigenvalue weighted by atomic mass is 9.99. The van der Waals surface area contributed by atoms with Crippen LogP contribution in [0.1, 0.15) is 28.4 Å². The summed E-state index contributed by atoms with van der Waals surface area (Å²) in [4.78, 5) is 28.3. The zero-order valence-corrected chi connectivity index (χ0v) is 23.3. The number of anilines is 1. The number of benzene rings is 3. The number of thioether (sulfide) groups is 1. The molecule has 0 aliphatic carbocycles. The zero-order chi connectivity index (χ0) is 28.1. The Bertz CT molecular complexity index is 1490. The number of ether oxygens (including phenoxy) is 1. The van der Waals surface area contributed by atoms with Gasteiger partial charge in [-0.25, -0.2) is 9.07 Å². The van der Waals surface area contributed by atoms with E-state index in [0.717, 1.165) is 27.9 Å². The molecule has 7 nitrogen and oxygen atoms in total. The van der Waals surface area contributed by atoms with E-state index in [9.17, 15) is 14.0 Å². The largest absolute Gasteiger partial charge is 0.385 e. The first kappa shape index (κ1) is 27.6. The Morgan fingerprint density at radius 2 is 1.88 bits per heavy atom. The molecule has 1 N–H and O–H groups in total. The molecular weight excluding hydrogens is 527 g/mol. The minimum absolute atomic E-state index is 0.120. The molecule has 0 spiro atoms. The van der Waals surface area contributed by atoms with Gasteiger partial charge in [-0.1, -0.05) is 60.2 Å². The number of carbonyl (C=O) groups excluding carboxylic acids is 2. The molecule has 0 fully saturated rings.